The number of aliphatic carboxylic acids is 1. The molecule has 2 aromatic rings. The molecule has 2 rings (SSSR count). The van der Waals surface area contributed by atoms with Crippen molar-refractivity contribution in [2.75, 3.05) is 20.1 Å². The zero-order chi connectivity index (χ0) is 19.6. The molecule has 2 N–H and O–H groups in total. The molecule has 6 heteroatoms. The Kier molecular flexibility index (Phi) is 7.67. The maximum absolute atomic E-state index is 12.0. The van der Waals surface area contributed by atoms with E-state index in [1.165, 1.54) is 4.90 Å². The van der Waals surface area contributed by atoms with E-state index in [2.05, 4.69) is 5.32 Å². The van der Waals surface area contributed by atoms with Gasteiger partial charge in [-0.2, -0.15) is 0 Å². The molecule has 0 aliphatic rings. The fourth-order valence-corrected chi connectivity index (χ4v) is 2.51. The number of nitrogens with zero attached hydrogens (tertiary/aromatic N) is 1. The van der Waals surface area contributed by atoms with Crippen LogP contribution in [0.2, 0.25) is 0 Å². The Morgan fingerprint density at radius 1 is 1.07 bits per heavy atom. The van der Waals surface area contributed by atoms with Crippen LogP contribution in [0.25, 0.3) is 0 Å². The standard InChI is InChI=1S/C21H26N2O4/c1-16(20(24)25)14-23(2)21(26)22-13-12-17-8-10-19(11-9-17)27-15-18-6-4-3-5-7-18/h3-11,16H,12-15H2,1-2H3,(H,22,26)(H,24,25). The van der Waals surface area contributed by atoms with E-state index in [1.54, 1.807) is 14.0 Å². The summed E-state index contributed by atoms with van der Waals surface area (Å²) in [6.45, 7) is 2.76. The third kappa shape index (κ3) is 7.01. The molecule has 0 saturated heterocycles. The Morgan fingerprint density at radius 2 is 1.74 bits per heavy atom. The van der Waals surface area contributed by atoms with Crippen LogP contribution < -0.4 is 10.1 Å². The van der Waals surface area contributed by atoms with Crippen LogP contribution in [0.5, 0.6) is 5.75 Å². The van der Waals surface area contributed by atoms with Crippen LogP contribution >= 0.6 is 0 Å². The van der Waals surface area contributed by atoms with Crippen LogP contribution in [-0.2, 0) is 17.8 Å². The maximum Gasteiger partial charge on any atom is 0.317 e. The lowest BCUT2D eigenvalue weighted by Crippen LogP contribution is -2.41. The van der Waals surface area contributed by atoms with Gasteiger partial charge in [0.2, 0.25) is 0 Å². The van der Waals surface area contributed by atoms with E-state index in [-0.39, 0.29) is 12.6 Å². The molecular formula is C21H26N2O4. The fourth-order valence-electron chi connectivity index (χ4n) is 2.51. The Balaban J connectivity index is 1.71. The smallest absolute Gasteiger partial charge is 0.317 e. The Labute approximate surface area is 159 Å². The number of hydrogen-bond donors (Lipinski definition) is 2. The lowest BCUT2D eigenvalue weighted by atomic mass is 10.1. The van der Waals surface area contributed by atoms with Crippen LogP contribution in [-0.4, -0.2) is 42.1 Å². The lowest BCUT2D eigenvalue weighted by molar-refractivity contribution is -0.141. The number of carboxylic acids is 1. The number of rotatable bonds is 9. The average Bonchev–Trinajstić information content (AvgIpc) is 2.67. The first-order chi connectivity index (χ1) is 13.0. The van der Waals surface area contributed by atoms with Crippen molar-refractivity contribution in [1.82, 2.24) is 10.2 Å². The quantitative estimate of drug-likeness (QED) is 0.711. The summed E-state index contributed by atoms with van der Waals surface area (Å²) in [6, 6.07) is 17.5. The highest BCUT2D eigenvalue weighted by molar-refractivity contribution is 5.75. The first-order valence-corrected chi connectivity index (χ1v) is 8.93. The topological polar surface area (TPSA) is 78.9 Å². The predicted molar refractivity (Wildman–Crippen MR) is 104 cm³/mol. The fraction of sp³-hybridized carbons (Fsp3) is 0.333. The number of ether oxygens (including phenoxy) is 1. The van der Waals surface area contributed by atoms with Gasteiger partial charge in [-0.1, -0.05) is 49.4 Å². The van der Waals surface area contributed by atoms with Crippen molar-refractivity contribution in [3.8, 4) is 5.75 Å². The second-order valence-corrected chi connectivity index (χ2v) is 6.52. The molecule has 0 aliphatic heterocycles. The summed E-state index contributed by atoms with van der Waals surface area (Å²) in [6.07, 6.45) is 0.688. The van der Waals surface area contributed by atoms with Crippen LogP contribution in [0.1, 0.15) is 18.1 Å². The van der Waals surface area contributed by atoms with Crippen molar-refractivity contribution in [2.24, 2.45) is 5.92 Å². The molecule has 27 heavy (non-hydrogen) atoms. The normalized spacial score (nSPS) is 11.5. The van der Waals surface area contributed by atoms with Crippen molar-refractivity contribution in [3.05, 3.63) is 65.7 Å². The van der Waals surface area contributed by atoms with Crippen LogP contribution in [0.4, 0.5) is 4.79 Å². The van der Waals surface area contributed by atoms with Gasteiger partial charge in [0.05, 0.1) is 5.92 Å². The van der Waals surface area contributed by atoms with Gasteiger partial charge in [0.25, 0.3) is 0 Å². The summed E-state index contributed by atoms with van der Waals surface area (Å²) in [5, 5.41) is 11.7. The highest BCUT2D eigenvalue weighted by Crippen LogP contribution is 2.14. The molecule has 1 unspecified atom stereocenters. The summed E-state index contributed by atoms with van der Waals surface area (Å²) >= 11 is 0. The van der Waals surface area contributed by atoms with Gasteiger partial charge in [0.1, 0.15) is 12.4 Å². The average molecular weight is 370 g/mol. The van der Waals surface area contributed by atoms with E-state index in [0.29, 0.717) is 19.6 Å². The molecule has 0 spiro atoms. The number of amides is 2. The van der Waals surface area contributed by atoms with Crippen molar-refractivity contribution >= 4 is 12.0 Å². The Morgan fingerprint density at radius 3 is 2.37 bits per heavy atom. The van der Waals surface area contributed by atoms with Gasteiger partial charge in [-0.25, -0.2) is 4.79 Å². The monoisotopic (exact) mass is 370 g/mol. The summed E-state index contributed by atoms with van der Waals surface area (Å²) in [4.78, 5) is 24.2. The number of carboxylic acid groups (broad SMARTS) is 1. The van der Waals surface area contributed by atoms with E-state index in [4.69, 9.17) is 9.84 Å². The van der Waals surface area contributed by atoms with E-state index in [0.717, 1.165) is 16.9 Å². The third-order valence-electron chi connectivity index (χ3n) is 4.18. The maximum atomic E-state index is 12.0. The molecule has 144 valence electrons. The van der Waals surface area contributed by atoms with E-state index in [1.807, 2.05) is 54.6 Å². The minimum atomic E-state index is -0.913. The second-order valence-electron chi connectivity index (χ2n) is 6.52. The minimum absolute atomic E-state index is 0.175. The van der Waals surface area contributed by atoms with Crippen LogP contribution in [0, 0.1) is 5.92 Å². The lowest BCUT2D eigenvalue weighted by Gasteiger charge is -2.20. The van der Waals surface area contributed by atoms with E-state index < -0.39 is 11.9 Å². The van der Waals surface area contributed by atoms with Gasteiger partial charge < -0.3 is 20.1 Å². The third-order valence-corrected chi connectivity index (χ3v) is 4.18. The van der Waals surface area contributed by atoms with Crippen molar-refractivity contribution in [1.29, 1.82) is 0 Å². The van der Waals surface area contributed by atoms with Gasteiger partial charge in [-0.15, -0.1) is 0 Å². The van der Waals surface area contributed by atoms with E-state index >= 15 is 0 Å². The number of carbonyl (C=O) groups excluding carboxylic acids is 1. The molecule has 0 saturated carbocycles. The molecule has 1 atom stereocenters. The van der Waals surface area contributed by atoms with Gasteiger partial charge in [0.15, 0.2) is 0 Å². The minimum Gasteiger partial charge on any atom is -0.489 e. The molecule has 0 bridgehead atoms. The Bertz CT molecular complexity index is 732. The molecule has 0 radical (unpaired) electrons. The van der Waals surface area contributed by atoms with Crippen LogP contribution in [0.3, 0.4) is 0 Å². The molecule has 0 aliphatic carbocycles. The summed E-state index contributed by atoms with van der Waals surface area (Å²) < 4.78 is 5.75. The predicted octanol–water partition coefficient (Wildman–Crippen LogP) is 3.17. The zero-order valence-corrected chi connectivity index (χ0v) is 15.7. The molecular weight excluding hydrogens is 344 g/mol. The first-order valence-electron chi connectivity index (χ1n) is 8.93. The zero-order valence-electron chi connectivity index (χ0n) is 15.7. The van der Waals surface area contributed by atoms with Crippen molar-refractivity contribution in [3.63, 3.8) is 0 Å². The van der Waals surface area contributed by atoms with Gasteiger partial charge >= 0.3 is 12.0 Å². The molecule has 0 aromatic heterocycles. The second kappa shape index (κ2) is 10.2. The summed E-state index contributed by atoms with van der Waals surface area (Å²) in [5.74, 6) is -0.706. The Hall–Kier alpha value is -3.02. The first kappa shape index (κ1) is 20.3. The molecule has 6 nitrogen and oxygen atoms in total. The number of hydrogen-bond acceptors (Lipinski definition) is 3. The van der Waals surface area contributed by atoms with Gasteiger partial charge in [0, 0.05) is 20.1 Å². The highest BCUT2D eigenvalue weighted by Gasteiger charge is 2.16. The number of carbonyl (C=O) groups is 2. The van der Waals surface area contributed by atoms with Gasteiger partial charge in [-0.05, 0) is 29.7 Å². The molecule has 2 aromatic carbocycles. The van der Waals surface area contributed by atoms with Crippen molar-refractivity contribution < 1.29 is 19.4 Å². The SMILES string of the molecule is CC(CN(C)C(=O)NCCc1ccc(OCc2ccccc2)cc1)C(=O)O. The number of nitrogens with one attached hydrogen (secondary N) is 1. The summed E-state index contributed by atoms with van der Waals surface area (Å²) in [5.41, 5.74) is 2.20. The van der Waals surface area contributed by atoms with Crippen molar-refractivity contribution in [2.45, 2.75) is 20.0 Å². The highest BCUT2D eigenvalue weighted by atomic mass is 16.5. The molecule has 0 fully saturated rings. The van der Waals surface area contributed by atoms with Crippen LogP contribution in [0.15, 0.2) is 54.6 Å². The summed E-state index contributed by atoms with van der Waals surface area (Å²) in [7, 11) is 1.59. The molecule has 2 amide bonds. The molecule has 0 heterocycles. The number of benzene rings is 2. The van der Waals surface area contributed by atoms with E-state index in [9.17, 15) is 9.59 Å². The largest absolute Gasteiger partial charge is 0.489 e. The van der Waals surface area contributed by atoms with Gasteiger partial charge in [-0.3, -0.25) is 4.79 Å². The number of urea groups is 1.